The van der Waals surface area contributed by atoms with E-state index in [1.165, 1.54) is 16.4 Å². The van der Waals surface area contributed by atoms with Crippen LogP contribution in [0.25, 0.3) is 0 Å². The van der Waals surface area contributed by atoms with Crippen molar-refractivity contribution in [3.8, 4) is 0 Å². The first kappa shape index (κ1) is 15.5. The van der Waals surface area contributed by atoms with Gasteiger partial charge in [0.2, 0.25) is 5.95 Å². The van der Waals surface area contributed by atoms with Crippen LogP contribution in [0.3, 0.4) is 0 Å². The second-order valence-corrected chi connectivity index (χ2v) is 7.00. The monoisotopic (exact) mass is 408 g/mol. The molecule has 0 bridgehead atoms. The minimum Gasteiger partial charge on any atom is -0.352 e. The average Bonchev–Trinajstić information content (AvgIpc) is 3.34. The zero-order valence-corrected chi connectivity index (χ0v) is 15.1. The number of para-hydroxylation sites is 1. The molecule has 2 N–H and O–H groups in total. The second-order valence-electron chi connectivity index (χ2n) is 5.83. The zero-order chi connectivity index (χ0) is 15.5. The first-order chi connectivity index (χ1) is 10.7. The summed E-state index contributed by atoms with van der Waals surface area (Å²) >= 11 is 2.33. The van der Waals surface area contributed by atoms with Gasteiger partial charge in [-0.2, -0.15) is 4.98 Å². The third-order valence-corrected chi connectivity index (χ3v) is 4.81. The van der Waals surface area contributed by atoms with Gasteiger partial charge in [-0.3, -0.25) is 0 Å². The highest BCUT2D eigenvalue weighted by atomic mass is 127. The van der Waals surface area contributed by atoms with E-state index in [1.54, 1.807) is 0 Å². The lowest BCUT2D eigenvalue weighted by atomic mass is 10.2. The molecule has 4 nitrogen and oxygen atoms in total. The van der Waals surface area contributed by atoms with Crippen molar-refractivity contribution in [2.24, 2.45) is 0 Å². The fraction of sp³-hybridized carbons (Fsp3) is 0.412. The molecule has 0 amide bonds. The minimum absolute atomic E-state index is 0.374. The summed E-state index contributed by atoms with van der Waals surface area (Å²) in [6, 6.07) is 10.7. The van der Waals surface area contributed by atoms with E-state index in [-0.39, 0.29) is 0 Å². The third-order valence-electron chi connectivity index (χ3n) is 3.87. The Morgan fingerprint density at radius 3 is 2.73 bits per heavy atom. The Kier molecular flexibility index (Phi) is 4.81. The summed E-state index contributed by atoms with van der Waals surface area (Å²) in [5.74, 6) is 2.20. The average molecular weight is 408 g/mol. The normalized spacial score (nSPS) is 15.4. The molecule has 1 saturated carbocycles. The van der Waals surface area contributed by atoms with Gasteiger partial charge in [0.15, 0.2) is 0 Å². The van der Waals surface area contributed by atoms with E-state index in [4.69, 9.17) is 0 Å². The number of rotatable bonds is 6. The van der Waals surface area contributed by atoms with E-state index in [9.17, 15) is 0 Å². The molecule has 1 heterocycles. The Morgan fingerprint density at radius 1 is 1.27 bits per heavy atom. The molecule has 5 heteroatoms. The lowest BCUT2D eigenvalue weighted by molar-refractivity contribution is 0.750. The number of halogens is 1. The van der Waals surface area contributed by atoms with E-state index < -0.39 is 0 Å². The highest BCUT2D eigenvalue weighted by Crippen LogP contribution is 2.40. The number of nitrogens with one attached hydrogen (secondary N) is 2. The van der Waals surface area contributed by atoms with Crippen LogP contribution in [0.1, 0.15) is 44.7 Å². The Morgan fingerprint density at radius 2 is 2.05 bits per heavy atom. The summed E-state index contributed by atoms with van der Waals surface area (Å²) in [6.45, 7) is 4.31. The maximum atomic E-state index is 4.68. The number of nitrogens with zero attached hydrogens (tertiary/aromatic N) is 2. The predicted molar refractivity (Wildman–Crippen MR) is 99.8 cm³/mol. The van der Waals surface area contributed by atoms with Gasteiger partial charge in [0.1, 0.15) is 5.82 Å². The van der Waals surface area contributed by atoms with Gasteiger partial charge in [-0.15, -0.1) is 0 Å². The van der Waals surface area contributed by atoms with Gasteiger partial charge in [0.05, 0.1) is 11.4 Å². The van der Waals surface area contributed by atoms with Crippen LogP contribution in [0.2, 0.25) is 0 Å². The van der Waals surface area contributed by atoms with Crippen molar-refractivity contribution in [2.45, 2.75) is 45.1 Å². The van der Waals surface area contributed by atoms with E-state index in [0.29, 0.717) is 12.0 Å². The van der Waals surface area contributed by atoms with Gasteiger partial charge in [-0.1, -0.05) is 19.1 Å². The summed E-state index contributed by atoms with van der Waals surface area (Å²) in [7, 11) is 0. The molecule has 2 aromatic rings. The SMILES string of the molecule is CC[C@@H](C)Nc1nc(Nc2ccccc2I)cc(C2CC2)n1. The fourth-order valence-corrected chi connectivity index (χ4v) is 2.73. The number of benzene rings is 1. The van der Waals surface area contributed by atoms with Crippen molar-refractivity contribution in [2.75, 3.05) is 10.6 Å². The molecule has 1 atom stereocenters. The lowest BCUT2D eigenvalue weighted by Gasteiger charge is -2.15. The Hall–Kier alpha value is -1.37. The fourth-order valence-electron chi connectivity index (χ4n) is 2.21. The van der Waals surface area contributed by atoms with Gasteiger partial charge < -0.3 is 10.6 Å². The lowest BCUT2D eigenvalue weighted by Crippen LogP contribution is -2.16. The molecule has 3 rings (SSSR count). The van der Waals surface area contributed by atoms with Crippen molar-refractivity contribution >= 4 is 40.0 Å². The van der Waals surface area contributed by atoms with Crippen molar-refractivity contribution in [3.05, 3.63) is 39.6 Å². The van der Waals surface area contributed by atoms with E-state index in [2.05, 4.69) is 75.2 Å². The molecule has 1 aromatic heterocycles. The van der Waals surface area contributed by atoms with Crippen LogP contribution in [-0.2, 0) is 0 Å². The van der Waals surface area contributed by atoms with Crippen LogP contribution in [0, 0.1) is 3.57 Å². The molecule has 116 valence electrons. The molecule has 0 saturated heterocycles. The van der Waals surface area contributed by atoms with Gasteiger partial charge in [-0.05, 0) is 60.9 Å². The molecule has 1 aliphatic carbocycles. The number of hydrogen-bond donors (Lipinski definition) is 2. The van der Waals surface area contributed by atoms with Gasteiger partial charge >= 0.3 is 0 Å². The van der Waals surface area contributed by atoms with Crippen molar-refractivity contribution < 1.29 is 0 Å². The van der Waals surface area contributed by atoms with Crippen LogP contribution in [0.4, 0.5) is 17.5 Å². The number of anilines is 3. The van der Waals surface area contributed by atoms with Crippen LogP contribution in [-0.4, -0.2) is 16.0 Å². The Bertz CT molecular complexity index is 655. The third kappa shape index (κ3) is 3.88. The molecule has 22 heavy (non-hydrogen) atoms. The maximum Gasteiger partial charge on any atom is 0.225 e. The molecule has 1 fully saturated rings. The van der Waals surface area contributed by atoms with E-state index >= 15 is 0 Å². The van der Waals surface area contributed by atoms with Crippen LogP contribution < -0.4 is 10.6 Å². The first-order valence-electron chi connectivity index (χ1n) is 7.82. The topological polar surface area (TPSA) is 49.8 Å². The van der Waals surface area contributed by atoms with Crippen molar-refractivity contribution in [1.82, 2.24) is 9.97 Å². The molecule has 0 radical (unpaired) electrons. The molecule has 0 unspecified atom stereocenters. The quantitative estimate of drug-likeness (QED) is 0.667. The highest BCUT2D eigenvalue weighted by molar-refractivity contribution is 14.1. The smallest absolute Gasteiger partial charge is 0.225 e. The summed E-state index contributed by atoms with van der Waals surface area (Å²) in [5, 5.41) is 6.82. The minimum atomic E-state index is 0.374. The summed E-state index contributed by atoms with van der Waals surface area (Å²) in [5.41, 5.74) is 2.23. The van der Waals surface area contributed by atoms with Crippen LogP contribution >= 0.6 is 22.6 Å². The van der Waals surface area contributed by atoms with Gasteiger partial charge in [-0.25, -0.2) is 4.98 Å². The van der Waals surface area contributed by atoms with Crippen LogP contribution in [0.5, 0.6) is 0 Å². The largest absolute Gasteiger partial charge is 0.352 e. The molecule has 0 aliphatic heterocycles. The zero-order valence-electron chi connectivity index (χ0n) is 12.9. The molecular weight excluding hydrogens is 387 g/mol. The van der Waals surface area contributed by atoms with Gasteiger partial charge in [0.25, 0.3) is 0 Å². The maximum absolute atomic E-state index is 4.68. The standard InChI is InChI=1S/C17H21IN4/c1-3-11(2)19-17-21-15(12-8-9-12)10-16(22-17)20-14-7-5-4-6-13(14)18/h4-7,10-12H,3,8-9H2,1-2H3,(H2,19,20,21,22)/t11-/m1/s1. The van der Waals surface area contributed by atoms with E-state index in [0.717, 1.165) is 29.6 Å². The summed E-state index contributed by atoms with van der Waals surface area (Å²) in [4.78, 5) is 9.31. The molecular formula is C17H21IN4. The summed E-state index contributed by atoms with van der Waals surface area (Å²) in [6.07, 6.45) is 3.53. The Balaban J connectivity index is 1.87. The van der Waals surface area contributed by atoms with Crippen molar-refractivity contribution in [1.29, 1.82) is 0 Å². The number of aromatic nitrogens is 2. The number of hydrogen-bond acceptors (Lipinski definition) is 4. The van der Waals surface area contributed by atoms with E-state index in [1.807, 2.05) is 12.1 Å². The molecule has 1 aromatic carbocycles. The molecule has 1 aliphatic rings. The second kappa shape index (κ2) is 6.81. The van der Waals surface area contributed by atoms with Crippen molar-refractivity contribution in [3.63, 3.8) is 0 Å². The highest BCUT2D eigenvalue weighted by Gasteiger charge is 2.26. The first-order valence-corrected chi connectivity index (χ1v) is 8.90. The predicted octanol–water partition coefficient (Wildman–Crippen LogP) is 4.91. The molecule has 0 spiro atoms. The Labute approximate surface area is 145 Å². The van der Waals surface area contributed by atoms with Gasteiger partial charge in [0, 0.05) is 21.6 Å². The van der Waals surface area contributed by atoms with Crippen LogP contribution in [0.15, 0.2) is 30.3 Å². The summed E-state index contributed by atoms with van der Waals surface area (Å²) < 4.78 is 1.18.